The standard InChI is InChI=1S/C10H13NO3S/c1-14-6-2-5-11-10(13)9-4-3-8(7-12)15-9/h3-4,7H,2,5-6H2,1H3,(H,11,13). The number of hydrogen-bond donors (Lipinski definition) is 1. The minimum atomic E-state index is -0.135. The van der Waals surface area contributed by atoms with Crippen molar-refractivity contribution in [1.82, 2.24) is 5.32 Å². The Balaban J connectivity index is 2.36. The molecule has 5 heteroatoms. The topological polar surface area (TPSA) is 55.4 Å². The first-order valence-electron chi connectivity index (χ1n) is 4.60. The van der Waals surface area contributed by atoms with Crippen LogP contribution in [0.15, 0.2) is 12.1 Å². The van der Waals surface area contributed by atoms with Crippen molar-refractivity contribution in [2.75, 3.05) is 20.3 Å². The average molecular weight is 227 g/mol. The molecular formula is C10H13NO3S. The Hall–Kier alpha value is -1.20. The summed E-state index contributed by atoms with van der Waals surface area (Å²) in [4.78, 5) is 23.0. The van der Waals surface area contributed by atoms with E-state index in [0.717, 1.165) is 12.7 Å². The largest absolute Gasteiger partial charge is 0.385 e. The van der Waals surface area contributed by atoms with Crippen LogP contribution in [0.4, 0.5) is 0 Å². The number of carbonyl (C=O) groups excluding carboxylic acids is 2. The van der Waals surface area contributed by atoms with Crippen molar-refractivity contribution in [3.8, 4) is 0 Å². The maximum absolute atomic E-state index is 11.5. The molecule has 0 bridgehead atoms. The third kappa shape index (κ3) is 3.81. The maximum Gasteiger partial charge on any atom is 0.261 e. The van der Waals surface area contributed by atoms with Crippen LogP contribution < -0.4 is 5.32 Å². The fraction of sp³-hybridized carbons (Fsp3) is 0.400. The lowest BCUT2D eigenvalue weighted by molar-refractivity contribution is 0.0952. The second-order valence-electron chi connectivity index (χ2n) is 2.92. The average Bonchev–Trinajstić information content (AvgIpc) is 2.72. The van der Waals surface area contributed by atoms with Crippen LogP contribution in [0.1, 0.15) is 25.8 Å². The van der Waals surface area contributed by atoms with Gasteiger partial charge in [-0.15, -0.1) is 11.3 Å². The summed E-state index contributed by atoms with van der Waals surface area (Å²) in [6.45, 7) is 1.21. The highest BCUT2D eigenvalue weighted by Crippen LogP contribution is 2.13. The first kappa shape index (κ1) is 11.9. The van der Waals surface area contributed by atoms with Gasteiger partial charge in [0.05, 0.1) is 9.75 Å². The van der Waals surface area contributed by atoms with Gasteiger partial charge in [0.15, 0.2) is 6.29 Å². The summed E-state index contributed by atoms with van der Waals surface area (Å²) in [5.41, 5.74) is 0. The van der Waals surface area contributed by atoms with Gasteiger partial charge in [0.25, 0.3) is 5.91 Å². The van der Waals surface area contributed by atoms with Crippen LogP contribution in [0.3, 0.4) is 0 Å². The van der Waals surface area contributed by atoms with E-state index in [9.17, 15) is 9.59 Å². The molecule has 0 atom stereocenters. The summed E-state index contributed by atoms with van der Waals surface area (Å²) in [6.07, 6.45) is 1.53. The van der Waals surface area contributed by atoms with E-state index in [1.165, 1.54) is 11.3 Å². The Kier molecular flexibility index (Phi) is 5.00. The summed E-state index contributed by atoms with van der Waals surface area (Å²) in [5, 5.41) is 2.75. The summed E-state index contributed by atoms with van der Waals surface area (Å²) in [7, 11) is 1.62. The number of carbonyl (C=O) groups is 2. The molecule has 0 saturated heterocycles. The van der Waals surface area contributed by atoms with Gasteiger partial charge in [-0.2, -0.15) is 0 Å². The van der Waals surface area contributed by atoms with E-state index in [0.29, 0.717) is 22.9 Å². The van der Waals surface area contributed by atoms with E-state index >= 15 is 0 Å². The number of nitrogens with one attached hydrogen (secondary N) is 1. The van der Waals surface area contributed by atoms with Gasteiger partial charge in [-0.25, -0.2) is 0 Å². The molecule has 1 heterocycles. The lowest BCUT2D eigenvalue weighted by atomic mass is 10.4. The van der Waals surface area contributed by atoms with Gasteiger partial charge >= 0.3 is 0 Å². The third-order valence-corrected chi connectivity index (χ3v) is 2.79. The number of methoxy groups -OCH3 is 1. The molecule has 0 aliphatic carbocycles. The van der Waals surface area contributed by atoms with Gasteiger partial charge < -0.3 is 10.1 Å². The summed E-state index contributed by atoms with van der Waals surface area (Å²) in [6, 6.07) is 3.29. The zero-order valence-electron chi connectivity index (χ0n) is 8.49. The van der Waals surface area contributed by atoms with E-state index in [1.807, 2.05) is 0 Å². The molecule has 0 aromatic carbocycles. The van der Waals surface area contributed by atoms with Crippen molar-refractivity contribution in [2.24, 2.45) is 0 Å². The second kappa shape index (κ2) is 6.31. The normalized spacial score (nSPS) is 9.93. The molecule has 0 aliphatic rings. The molecule has 1 aromatic heterocycles. The molecule has 0 saturated carbocycles. The molecule has 0 fully saturated rings. The van der Waals surface area contributed by atoms with Crippen molar-refractivity contribution >= 4 is 23.5 Å². The monoisotopic (exact) mass is 227 g/mol. The molecule has 1 aromatic rings. The minimum Gasteiger partial charge on any atom is -0.385 e. The van der Waals surface area contributed by atoms with Gasteiger partial charge in [-0.1, -0.05) is 0 Å². The van der Waals surface area contributed by atoms with Gasteiger partial charge in [0.2, 0.25) is 0 Å². The van der Waals surface area contributed by atoms with E-state index in [4.69, 9.17) is 4.74 Å². The van der Waals surface area contributed by atoms with E-state index in [2.05, 4.69) is 5.32 Å². The molecule has 0 unspecified atom stereocenters. The highest BCUT2D eigenvalue weighted by atomic mass is 32.1. The Bertz CT molecular complexity index is 335. The summed E-state index contributed by atoms with van der Waals surface area (Å²) >= 11 is 1.19. The predicted molar refractivity (Wildman–Crippen MR) is 58.5 cm³/mol. The van der Waals surface area contributed by atoms with Crippen molar-refractivity contribution in [3.63, 3.8) is 0 Å². The molecular weight excluding hydrogens is 214 g/mol. The number of thiophene rings is 1. The first-order valence-corrected chi connectivity index (χ1v) is 5.41. The number of ether oxygens (including phenoxy) is 1. The predicted octanol–water partition coefficient (Wildman–Crippen LogP) is 1.33. The Morgan fingerprint density at radius 1 is 1.60 bits per heavy atom. The highest BCUT2D eigenvalue weighted by molar-refractivity contribution is 7.15. The Labute approximate surface area is 92.2 Å². The fourth-order valence-electron chi connectivity index (χ4n) is 1.04. The van der Waals surface area contributed by atoms with Gasteiger partial charge in [0, 0.05) is 20.3 Å². The summed E-state index contributed by atoms with van der Waals surface area (Å²) < 4.78 is 4.86. The fourth-order valence-corrected chi connectivity index (χ4v) is 1.78. The summed E-state index contributed by atoms with van der Waals surface area (Å²) in [5.74, 6) is -0.135. The number of aldehydes is 1. The van der Waals surface area contributed by atoms with E-state index in [-0.39, 0.29) is 5.91 Å². The smallest absolute Gasteiger partial charge is 0.261 e. The van der Waals surface area contributed by atoms with Crippen molar-refractivity contribution in [1.29, 1.82) is 0 Å². The molecule has 0 radical (unpaired) electrons. The van der Waals surface area contributed by atoms with Crippen molar-refractivity contribution in [2.45, 2.75) is 6.42 Å². The first-order chi connectivity index (χ1) is 7.27. The van der Waals surface area contributed by atoms with Gasteiger partial charge in [0.1, 0.15) is 0 Å². The SMILES string of the molecule is COCCCNC(=O)c1ccc(C=O)s1. The number of hydrogen-bond acceptors (Lipinski definition) is 4. The van der Waals surface area contributed by atoms with Crippen LogP contribution in [0.25, 0.3) is 0 Å². The lowest BCUT2D eigenvalue weighted by Gasteiger charge is -2.02. The quantitative estimate of drug-likeness (QED) is 0.589. The van der Waals surface area contributed by atoms with Crippen LogP contribution in [0, 0.1) is 0 Å². The zero-order chi connectivity index (χ0) is 11.1. The van der Waals surface area contributed by atoms with Crippen LogP contribution in [0.5, 0.6) is 0 Å². The number of amides is 1. The van der Waals surface area contributed by atoms with Crippen LogP contribution >= 0.6 is 11.3 Å². The molecule has 0 spiro atoms. The highest BCUT2D eigenvalue weighted by Gasteiger charge is 2.07. The van der Waals surface area contributed by atoms with Crippen molar-refractivity contribution in [3.05, 3.63) is 21.9 Å². The van der Waals surface area contributed by atoms with E-state index in [1.54, 1.807) is 19.2 Å². The van der Waals surface area contributed by atoms with Crippen LogP contribution in [0.2, 0.25) is 0 Å². The Morgan fingerprint density at radius 2 is 2.40 bits per heavy atom. The minimum absolute atomic E-state index is 0.135. The number of rotatable bonds is 6. The maximum atomic E-state index is 11.5. The molecule has 0 aliphatic heterocycles. The molecule has 4 nitrogen and oxygen atoms in total. The van der Waals surface area contributed by atoms with Crippen LogP contribution in [-0.2, 0) is 4.74 Å². The second-order valence-corrected chi connectivity index (χ2v) is 4.04. The third-order valence-electron chi connectivity index (χ3n) is 1.78. The van der Waals surface area contributed by atoms with Crippen molar-refractivity contribution < 1.29 is 14.3 Å². The Morgan fingerprint density at radius 3 is 3.00 bits per heavy atom. The lowest BCUT2D eigenvalue weighted by Crippen LogP contribution is -2.24. The van der Waals surface area contributed by atoms with Crippen LogP contribution in [-0.4, -0.2) is 32.5 Å². The molecule has 82 valence electrons. The molecule has 15 heavy (non-hydrogen) atoms. The molecule has 1 rings (SSSR count). The molecule has 1 amide bonds. The van der Waals surface area contributed by atoms with Gasteiger partial charge in [-0.05, 0) is 18.6 Å². The zero-order valence-corrected chi connectivity index (χ0v) is 9.30. The molecule has 1 N–H and O–H groups in total. The van der Waals surface area contributed by atoms with Gasteiger partial charge in [-0.3, -0.25) is 9.59 Å². The van der Waals surface area contributed by atoms with E-state index < -0.39 is 0 Å².